The Kier molecular flexibility index (Phi) is 8.34. The molecule has 2 aliphatic rings. The molecule has 1 aromatic heterocycles. The molecule has 6 heteroatoms. The Bertz CT molecular complexity index is 931. The van der Waals surface area contributed by atoms with Gasteiger partial charge in [0.25, 0.3) is 0 Å². The summed E-state index contributed by atoms with van der Waals surface area (Å²) in [5.74, 6) is 0.974. The highest BCUT2D eigenvalue weighted by Crippen LogP contribution is 2.21. The van der Waals surface area contributed by atoms with Crippen LogP contribution in [-0.4, -0.2) is 41.1 Å². The topological polar surface area (TPSA) is 71.5 Å². The van der Waals surface area contributed by atoms with Gasteiger partial charge in [-0.3, -0.25) is 4.79 Å². The molecule has 0 spiro atoms. The Hall–Kier alpha value is -2.89. The number of unbranched alkanes of at least 4 members (excludes halogenated alkanes) is 5. The van der Waals surface area contributed by atoms with E-state index in [1.54, 1.807) is 0 Å². The van der Waals surface area contributed by atoms with Gasteiger partial charge < -0.3 is 10.1 Å². The van der Waals surface area contributed by atoms with Crippen molar-refractivity contribution in [1.82, 2.24) is 9.88 Å². The van der Waals surface area contributed by atoms with Crippen molar-refractivity contribution in [2.24, 2.45) is 0 Å². The molecule has 1 aromatic carbocycles. The van der Waals surface area contributed by atoms with Crippen molar-refractivity contribution >= 4 is 17.8 Å². The molecule has 1 N–H and O–H groups in total. The average Bonchev–Trinajstić information content (AvgIpc) is 3.21. The lowest BCUT2D eigenvalue weighted by Crippen LogP contribution is -2.40. The van der Waals surface area contributed by atoms with Crippen molar-refractivity contribution in [1.29, 1.82) is 0 Å². The Balaban J connectivity index is 1.09. The fraction of sp³-hybridized carbons (Fsp3) is 0.519. The molecule has 2 amide bonds. The molecule has 0 saturated carbocycles. The Morgan fingerprint density at radius 3 is 2.67 bits per heavy atom. The third-order valence-corrected chi connectivity index (χ3v) is 6.57. The van der Waals surface area contributed by atoms with Gasteiger partial charge in [0.1, 0.15) is 12.4 Å². The minimum Gasteiger partial charge on any atom is -0.447 e. The van der Waals surface area contributed by atoms with E-state index in [-0.39, 0.29) is 18.6 Å². The summed E-state index contributed by atoms with van der Waals surface area (Å²) in [6, 6.07) is 14.1. The highest BCUT2D eigenvalue weighted by atomic mass is 16.6. The van der Waals surface area contributed by atoms with E-state index in [0.717, 1.165) is 56.5 Å². The van der Waals surface area contributed by atoms with Crippen LogP contribution in [0.1, 0.15) is 68.2 Å². The molecule has 2 aromatic rings. The van der Waals surface area contributed by atoms with Crippen LogP contribution >= 0.6 is 0 Å². The van der Waals surface area contributed by atoms with Gasteiger partial charge in [0, 0.05) is 18.7 Å². The maximum atomic E-state index is 12.7. The number of ether oxygens (including phenoxy) is 1. The van der Waals surface area contributed by atoms with Crippen molar-refractivity contribution in [3.8, 4) is 0 Å². The van der Waals surface area contributed by atoms with Gasteiger partial charge in [0.05, 0.1) is 6.04 Å². The molecular formula is C27H35N3O3. The second-order valence-corrected chi connectivity index (χ2v) is 9.15. The number of rotatable bonds is 11. The summed E-state index contributed by atoms with van der Waals surface area (Å²) >= 11 is 0. The maximum absolute atomic E-state index is 12.7. The van der Waals surface area contributed by atoms with Crippen LogP contribution in [0.3, 0.4) is 0 Å². The largest absolute Gasteiger partial charge is 0.447 e. The summed E-state index contributed by atoms with van der Waals surface area (Å²) in [6.45, 7) is 1.31. The number of nitrogens with zero attached hydrogens (tertiary/aromatic N) is 2. The van der Waals surface area contributed by atoms with Crippen molar-refractivity contribution < 1.29 is 14.3 Å². The molecule has 4 rings (SSSR count). The molecule has 1 atom stereocenters. The summed E-state index contributed by atoms with van der Waals surface area (Å²) < 4.78 is 5.17. The quantitative estimate of drug-likeness (QED) is 0.471. The van der Waals surface area contributed by atoms with E-state index in [9.17, 15) is 9.59 Å². The molecule has 176 valence electrons. The monoisotopic (exact) mass is 449 g/mol. The molecule has 2 aliphatic heterocycles. The summed E-state index contributed by atoms with van der Waals surface area (Å²) in [5, 5.41) is 3.40. The number of carbonyl (C=O) groups is 2. The first-order chi connectivity index (χ1) is 16.2. The number of fused-ring (bicyclic) bond motifs is 1. The van der Waals surface area contributed by atoms with Gasteiger partial charge in [0.2, 0.25) is 5.91 Å². The number of pyridine rings is 1. The Labute approximate surface area is 196 Å². The van der Waals surface area contributed by atoms with E-state index in [0.29, 0.717) is 12.8 Å². The number of carbonyl (C=O) groups excluding carboxylic acids is 2. The smallest absolute Gasteiger partial charge is 0.416 e. The molecule has 0 aliphatic carbocycles. The number of benzene rings is 1. The van der Waals surface area contributed by atoms with E-state index in [2.05, 4.69) is 17.4 Å². The van der Waals surface area contributed by atoms with Gasteiger partial charge in [-0.05, 0) is 55.7 Å². The lowest BCUT2D eigenvalue weighted by molar-refractivity contribution is -0.129. The first-order valence-corrected chi connectivity index (χ1v) is 12.5. The van der Waals surface area contributed by atoms with Crippen LogP contribution in [0.25, 0.3) is 0 Å². The average molecular weight is 450 g/mol. The first-order valence-electron chi connectivity index (χ1n) is 12.5. The number of nitrogens with one attached hydrogen (secondary N) is 1. The summed E-state index contributed by atoms with van der Waals surface area (Å²) in [5.41, 5.74) is 3.63. The zero-order valence-corrected chi connectivity index (χ0v) is 19.4. The number of amides is 2. The Morgan fingerprint density at radius 2 is 1.82 bits per heavy atom. The Morgan fingerprint density at radius 1 is 1.03 bits per heavy atom. The number of aromatic nitrogens is 1. The standard InChI is InChI=1S/C27H35N3O3/c31-25(30-24(20-33-27(30)32)19-21-11-6-5-7-12-21)15-9-4-2-1-3-8-14-23-17-16-22-13-10-18-28-26(22)29-23/h5-7,11-12,16-17,24H,1-4,8-10,13-15,18-20H2,(H,28,29)/t24-/m0/s1. The van der Waals surface area contributed by atoms with Crippen LogP contribution in [0.2, 0.25) is 0 Å². The second-order valence-electron chi connectivity index (χ2n) is 9.15. The van der Waals surface area contributed by atoms with E-state index >= 15 is 0 Å². The van der Waals surface area contributed by atoms with Crippen LogP contribution in [0, 0.1) is 0 Å². The molecule has 6 nitrogen and oxygen atoms in total. The third-order valence-electron chi connectivity index (χ3n) is 6.57. The van der Waals surface area contributed by atoms with Crippen LogP contribution in [0.15, 0.2) is 42.5 Å². The molecule has 1 fully saturated rings. The summed E-state index contributed by atoms with van der Waals surface area (Å²) in [6.07, 6.45) is 10.3. The van der Waals surface area contributed by atoms with Crippen LogP contribution in [0.4, 0.5) is 10.6 Å². The SMILES string of the molecule is O=C(CCCCCCCCc1ccc2c(n1)NCCC2)N1C(=O)OC[C@@H]1Cc1ccccc1. The van der Waals surface area contributed by atoms with Crippen LogP contribution in [-0.2, 0) is 28.8 Å². The molecule has 0 radical (unpaired) electrons. The lowest BCUT2D eigenvalue weighted by Gasteiger charge is -2.19. The van der Waals surface area contributed by atoms with E-state index in [1.165, 1.54) is 35.4 Å². The third kappa shape index (κ3) is 6.56. The predicted molar refractivity (Wildman–Crippen MR) is 129 cm³/mol. The normalized spacial score (nSPS) is 17.4. The fourth-order valence-electron chi connectivity index (χ4n) is 4.72. The van der Waals surface area contributed by atoms with Gasteiger partial charge in [-0.15, -0.1) is 0 Å². The highest BCUT2D eigenvalue weighted by molar-refractivity contribution is 5.93. The van der Waals surface area contributed by atoms with Gasteiger partial charge in [-0.1, -0.05) is 62.1 Å². The molecular weight excluding hydrogens is 414 g/mol. The fourth-order valence-corrected chi connectivity index (χ4v) is 4.72. The molecule has 33 heavy (non-hydrogen) atoms. The van der Waals surface area contributed by atoms with Gasteiger partial charge >= 0.3 is 6.09 Å². The zero-order valence-electron chi connectivity index (χ0n) is 19.4. The minimum atomic E-state index is -0.494. The van der Waals surface area contributed by atoms with Crippen molar-refractivity contribution in [2.45, 2.75) is 76.7 Å². The number of aryl methyl sites for hydroxylation is 2. The van der Waals surface area contributed by atoms with E-state index < -0.39 is 6.09 Å². The van der Waals surface area contributed by atoms with Crippen molar-refractivity contribution in [3.63, 3.8) is 0 Å². The molecule has 3 heterocycles. The molecule has 0 unspecified atom stereocenters. The maximum Gasteiger partial charge on any atom is 0.416 e. The summed E-state index contributed by atoms with van der Waals surface area (Å²) in [4.78, 5) is 30.9. The van der Waals surface area contributed by atoms with Crippen molar-refractivity contribution in [2.75, 3.05) is 18.5 Å². The number of hydrogen-bond acceptors (Lipinski definition) is 5. The second kappa shape index (κ2) is 11.8. The zero-order chi connectivity index (χ0) is 22.9. The van der Waals surface area contributed by atoms with Gasteiger partial charge in [-0.2, -0.15) is 0 Å². The minimum absolute atomic E-state index is 0.106. The van der Waals surface area contributed by atoms with E-state index in [4.69, 9.17) is 9.72 Å². The molecule has 0 bridgehead atoms. The number of cyclic esters (lactones) is 1. The van der Waals surface area contributed by atoms with Crippen LogP contribution < -0.4 is 5.32 Å². The first kappa shape index (κ1) is 23.3. The van der Waals surface area contributed by atoms with Crippen molar-refractivity contribution in [3.05, 3.63) is 59.3 Å². The van der Waals surface area contributed by atoms with Crippen LogP contribution in [0.5, 0.6) is 0 Å². The number of hydrogen-bond donors (Lipinski definition) is 1. The highest BCUT2D eigenvalue weighted by Gasteiger charge is 2.37. The lowest BCUT2D eigenvalue weighted by atomic mass is 10.0. The molecule has 1 saturated heterocycles. The summed E-state index contributed by atoms with van der Waals surface area (Å²) in [7, 11) is 0. The predicted octanol–water partition coefficient (Wildman–Crippen LogP) is 5.30. The van der Waals surface area contributed by atoms with E-state index in [1.807, 2.05) is 30.3 Å². The number of anilines is 1. The van der Waals surface area contributed by atoms with Gasteiger partial charge in [0.15, 0.2) is 0 Å². The van der Waals surface area contributed by atoms with Gasteiger partial charge in [-0.25, -0.2) is 14.7 Å². The number of imide groups is 1.